The van der Waals surface area contributed by atoms with Crippen LogP contribution in [0.3, 0.4) is 0 Å². The number of amides is 1. The van der Waals surface area contributed by atoms with E-state index in [1.807, 2.05) is 36.4 Å². The zero-order valence-electron chi connectivity index (χ0n) is 12.5. The van der Waals surface area contributed by atoms with Crippen molar-refractivity contribution in [2.75, 3.05) is 12.4 Å². The van der Waals surface area contributed by atoms with Crippen molar-refractivity contribution >= 4 is 11.8 Å². The monoisotopic (exact) mass is 309 g/mol. The van der Waals surface area contributed by atoms with Crippen molar-refractivity contribution < 1.29 is 14.1 Å². The van der Waals surface area contributed by atoms with E-state index in [2.05, 4.69) is 15.5 Å². The van der Waals surface area contributed by atoms with Crippen LogP contribution < -0.4 is 10.1 Å². The van der Waals surface area contributed by atoms with Crippen LogP contribution in [0, 0.1) is 0 Å². The minimum absolute atomic E-state index is 0.174. The molecule has 116 valence electrons. The van der Waals surface area contributed by atoms with Crippen LogP contribution in [0.2, 0.25) is 0 Å². The number of hydrogen-bond acceptors (Lipinski definition) is 5. The first kappa shape index (κ1) is 14.8. The average Bonchev–Trinajstić information content (AvgIpc) is 3.04. The predicted molar refractivity (Wildman–Crippen MR) is 85.1 cm³/mol. The summed E-state index contributed by atoms with van der Waals surface area (Å²) in [5.41, 5.74) is 2.41. The Labute approximate surface area is 133 Å². The van der Waals surface area contributed by atoms with Gasteiger partial charge in [0.05, 0.1) is 13.5 Å². The molecule has 2 heterocycles. The first-order valence-electron chi connectivity index (χ1n) is 7.04. The molecular formula is C17H15N3O3. The van der Waals surface area contributed by atoms with E-state index in [1.165, 1.54) is 0 Å². The molecule has 0 spiro atoms. The number of aromatic nitrogens is 2. The summed E-state index contributed by atoms with van der Waals surface area (Å²) in [4.78, 5) is 16.0. The number of ether oxygens (including phenoxy) is 1. The zero-order chi connectivity index (χ0) is 16.1. The highest BCUT2D eigenvalue weighted by Gasteiger charge is 2.10. The average molecular weight is 309 g/mol. The fourth-order valence-corrected chi connectivity index (χ4v) is 2.10. The molecule has 3 aromatic rings. The largest absolute Gasteiger partial charge is 0.497 e. The minimum Gasteiger partial charge on any atom is -0.497 e. The number of carbonyl (C=O) groups excluding carboxylic acids is 1. The molecule has 1 amide bonds. The molecule has 0 radical (unpaired) electrons. The van der Waals surface area contributed by atoms with E-state index in [-0.39, 0.29) is 12.3 Å². The Morgan fingerprint density at radius 2 is 1.91 bits per heavy atom. The van der Waals surface area contributed by atoms with Crippen LogP contribution in [0.4, 0.5) is 5.88 Å². The topological polar surface area (TPSA) is 77.2 Å². The molecule has 1 aromatic carbocycles. The quantitative estimate of drug-likeness (QED) is 0.784. The Morgan fingerprint density at radius 1 is 1.17 bits per heavy atom. The van der Waals surface area contributed by atoms with Gasteiger partial charge in [0.25, 0.3) is 0 Å². The zero-order valence-corrected chi connectivity index (χ0v) is 12.5. The lowest BCUT2D eigenvalue weighted by molar-refractivity contribution is -0.115. The Balaban J connectivity index is 1.63. The molecular weight excluding hydrogens is 294 g/mol. The van der Waals surface area contributed by atoms with Crippen LogP contribution in [0.5, 0.6) is 5.75 Å². The molecule has 0 unspecified atom stereocenters. The van der Waals surface area contributed by atoms with Crippen LogP contribution in [0.1, 0.15) is 5.56 Å². The van der Waals surface area contributed by atoms with Gasteiger partial charge in [-0.1, -0.05) is 17.3 Å². The molecule has 0 fully saturated rings. The van der Waals surface area contributed by atoms with Gasteiger partial charge in [-0.2, -0.15) is 0 Å². The molecule has 6 nitrogen and oxygen atoms in total. The van der Waals surface area contributed by atoms with E-state index in [1.54, 1.807) is 25.6 Å². The smallest absolute Gasteiger partial charge is 0.231 e. The Bertz CT molecular complexity index is 782. The van der Waals surface area contributed by atoms with E-state index in [0.717, 1.165) is 16.9 Å². The highest BCUT2D eigenvalue weighted by molar-refractivity contribution is 5.91. The van der Waals surface area contributed by atoms with Crippen molar-refractivity contribution in [3.8, 4) is 17.0 Å². The SMILES string of the molecule is COc1ccc(CC(=O)Nc2cc(-c3ccncc3)no2)cc1. The maximum absolute atomic E-state index is 12.0. The number of rotatable bonds is 5. The molecule has 1 N–H and O–H groups in total. The van der Waals surface area contributed by atoms with Crippen molar-refractivity contribution in [2.24, 2.45) is 0 Å². The summed E-state index contributed by atoms with van der Waals surface area (Å²) >= 11 is 0. The first-order chi connectivity index (χ1) is 11.2. The van der Waals surface area contributed by atoms with Crippen molar-refractivity contribution in [1.82, 2.24) is 10.1 Å². The Hall–Kier alpha value is -3.15. The van der Waals surface area contributed by atoms with E-state index in [0.29, 0.717) is 11.6 Å². The third kappa shape index (κ3) is 3.74. The second-order valence-corrected chi connectivity index (χ2v) is 4.89. The molecule has 23 heavy (non-hydrogen) atoms. The molecule has 0 aliphatic carbocycles. The van der Waals surface area contributed by atoms with Gasteiger partial charge in [0.1, 0.15) is 11.4 Å². The van der Waals surface area contributed by atoms with Gasteiger partial charge >= 0.3 is 0 Å². The molecule has 0 aliphatic heterocycles. The van der Waals surface area contributed by atoms with Crippen LogP contribution >= 0.6 is 0 Å². The second kappa shape index (κ2) is 6.74. The molecule has 2 aromatic heterocycles. The minimum atomic E-state index is -0.174. The van der Waals surface area contributed by atoms with Gasteiger partial charge in [0.2, 0.25) is 11.8 Å². The molecule has 6 heteroatoms. The molecule has 0 saturated heterocycles. The standard InChI is InChI=1S/C17H15N3O3/c1-22-14-4-2-12(3-5-14)10-16(21)19-17-11-15(20-23-17)13-6-8-18-9-7-13/h2-9,11H,10H2,1H3,(H,19,21). The van der Waals surface area contributed by atoms with Gasteiger partial charge in [0.15, 0.2) is 0 Å². The van der Waals surface area contributed by atoms with Crippen LogP contribution in [0.15, 0.2) is 59.4 Å². The number of nitrogens with one attached hydrogen (secondary N) is 1. The summed E-state index contributed by atoms with van der Waals surface area (Å²) < 4.78 is 10.2. The first-order valence-corrected chi connectivity index (χ1v) is 7.04. The number of anilines is 1. The lowest BCUT2D eigenvalue weighted by Crippen LogP contribution is -2.13. The maximum Gasteiger partial charge on any atom is 0.231 e. The molecule has 0 atom stereocenters. The summed E-state index contributed by atoms with van der Waals surface area (Å²) in [6, 6.07) is 12.7. The third-order valence-corrected chi connectivity index (χ3v) is 3.27. The van der Waals surface area contributed by atoms with E-state index in [9.17, 15) is 4.79 Å². The number of carbonyl (C=O) groups is 1. The molecule has 0 bridgehead atoms. The van der Waals surface area contributed by atoms with Crippen molar-refractivity contribution in [3.05, 3.63) is 60.4 Å². The Morgan fingerprint density at radius 3 is 2.61 bits per heavy atom. The summed E-state index contributed by atoms with van der Waals surface area (Å²) in [5, 5.41) is 6.63. The van der Waals surface area contributed by atoms with Gasteiger partial charge in [0, 0.05) is 24.0 Å². The van der Waals surface area contributed by atoms with Gasteiger partial charge in [-0.25, -0.2) is 0 Å². The summed E-state index contributed by atoms with van der Waals surface area (Å²) in [6.45, 7) is 0. The fraction of sp³-hybridized carbons (Fsp3) is 0.118. The second-order valence-electron chi connectivity index (χ2n) is 4.89. The van der Waals surface area contributed by atoms with E-state index >= 15 is 0 Å². The van der Waals surface area contributed by atoms with Crippen LogP contribution in [-0.4, -0.2) is 23.2 Å². The lowest BCUT2D eigenvalue weighted by Gasteiger charge is -2.03. The molecule has 0 aliphatic rings. The fourth-order valence-electron chi connectivity index (χ4n) is 2.10. The van der Waals surface area contributed by atoms with Crippen LogP contribution in [-0.2, 0) is 11.2 Å². The summed E-state index contributed by atoms with van der Waals surface area (Å²) in [7, 11) is 1.60. The Kier molecular flexibility index (Phi) is 4.33. The number of methoxy groups -OCH3 is 1. The predicted octanol–water partition coefficient (Wildman–Crippen LogP) is 2.93. The number of nitrogens with zero attached hydrogens (tertiary/aromatic N) is 2. The van der Waals surface area contributed by atoms with Gasteiger partial charge in [-0.05, 0) is 29.8 Å². The highest BCUT2D eigenvalue weighted by Crippen LogP contribution is 2.21. The highest BCUT2D eigenvalue weighted by atomic mass is 16.5. The van der Waals surface area contributed by atoms with Gasteiger partial charge in [-0.3, -0.25) is 15.1 Å². The number of benzene rings is 1. The summed E-state index contributed by atoms with van der Waals surface area (Å²) in [5.74, 6) is 0.898. The third-order valence-electron chi connectivity index (χ3n) is 3.27. The van der Waals surface area contributed by atoms with Crippen LogP contribution in [0.25, 0.3) is 11.3 Å². The molecule has 0 saturated carbocycles. The normalized spacial score (nSPS) is 10.3. The van der Waals surface area contributed by atoms with E-state index in [4.69, 9.17) is 9.26 Å². The van der Waals surface area contributed by atoms with E-state index < -0.39 is 0 Å². The van der Waals surface area contributed by atoms with Crippen molar-refractivity contribution in [3.63, 3.8) is 0 Å². The van der Waals surface area contributed by atoms with Crippen molar-refractivity contribution in [1.29, 1.82) is 0 Å². The molecule has 3 rings (SSSR count). The maximum atomic E-state index is 12.0. The number of pyridine rings is 1. The summed E-state index contributed by atoms with van der Waals surface area (Å²) in [6.07, 6.45) is 3.59. The van der Waals surface area contributed by atoms with Gasteiger partial charge < -0.3 is 9.26 Å². The van der Waals surface area contributed by atoms with Gasteiger partial charge in [-0.15, -0.1) is 0 Å². The van der Waals surface area contributed by atoms with Crippen molar-refractivity contribution in [2.45, 2.75) is 6.42 Å². The lowest BCUT2D eigenvalue weighted by atomic mass is 10.1. The number of hydrogen-bond donors (Lipinski definition) is 1.